The number of β-amino-alcohol motifs (C(OH)–C–C–N with tert-alkyl or cyclic N) is 1. The van der Waals surface area contributed by atoms with Crippen LogP contribution in [0.3, 0.4) is 0 Å². The second-order valence-electron chi connectivity index (χ2n) is 3.59. The van der Waals surface area contributed by atoms with Gasteiger partial charge in [0.2, 0.25) is 0 Å². The van der Waals surface area contributed by atoms with Crippen molar-refractivity contribution in [2.75, 3.05) is 33.4 Å². The van der Waals surface area contributed by atoms with Crippen molar-refractivity contribution in [2.45, 2.75) is 6.92 Å². The first-order chi connectivity index (χ1) is 6.19. The first-order valence-electron chi connectivity index (χ1n) is 4.60. The highest BCUT2D eigenvalue weighted by Crippen LogP contribution is 2.23. The van der Waals surface area contributed by atoms with Crippen LogP contribution in [0.2, 0.25) is 0 Å². The van der Waals surface area contributed by atoms with Crippen LogP contribution in [0.4, 0.5) is 0 Å². The van der Waals surface area contributed by atoms with Crippen molar-refractivity contribution in [1.29, 1.82) is 0 Å². The molecule has 0 aromatic rings. The molecule has 13 heavy (non-hydrogen) atoms. The van der Waals surface area contributed by atoms with E-state index in [1.54, 1.807) is 0 Å². The largest absolute Gasteiger partial charge is 0.469 e. The number of carbonyl (C=O) groups is 1. The maximum Gasteiger partial charge on any atom is 0.310 e. The molecule has 1 aliphatic rings. The number of ether oxygens (including phenoxy) is 1. The van der Waals surface area contributed by atoms with Crippen LogP contribution in [0.5, 0.6) is 0 Å². The van der Waals surface area contributed by atoms with Crippen LogP contribution < -0.4 is 0 Å². The van der Waals surface area contributed by atoms with Crippen molar-refractivity contribution in [2.24, 2.45) is 11.8 Å². The number of rotatable bonds is 3. The Labute approximate surface area is 78.5 Å². The zero-order chi connectivity index (χ0) is 9.84. The summed E-state index contributed by atoms with van der Waals surface area (Å²) in [6.45, 7) is 4.44. The SMILES string of the molecule is COC(=O)C1CN(CCO)CC1C. The van der Waals surface area contributed by atoms with Gasteiger partial charge in [0, 0.05) is 19.6 Å². The van der Waals surface area contributed by atoms with E-state index in [-0.39, 0.29) is 18.5 Å². The monoisotopic (exact) mass is 187 g/mol. The molecule has 1 aliphatic heterocycles. The molecule has 0 radical (unpaired) electrons. The van der Waals surface area contributed by atoms with E-state index in [1.165, 1.54) is 7.11 Å². The van der Waals surface area contributed by atoms with Gasteiger partial charge in [0.05, 0.1) is 19.6 Å². The van der Waals surface area contributed by atoms with Crippen LogP contribution in [0.15, 0.2) is 0 Å². The number of carbonyl (C=O) groups excluding carboxylic acids is 1. The number of likely N-dealkylation sites (tertiary alicyclic amines) is 1. The third-order valence-corrected chi connectivity index (χ3v) is 2.61. The number of hydrogen-bond acceptors (Lipinski definition) is 4. The van der Waals surface area contributed by atoms with Gasteiger partial charge in [-0.2, -0.15) is 0 Å². The minimum Gasteiger partial charge on any atom is -0.469 e. The first kappa shape index (κ1) is 10.5. The molecule has 0 saturated carbocycles. The average molecular weight is 187 g/mol. The molecule has 1 heterocycles. The minimum atomic E-state index is -0.132. The Morgan fingerprint density at radius 3 is 2.85 bits per heavy atom. The molecule has 1 N–H and O–H groups in total. The van der Waals surface area contributed by atoms with Crippen LogP contribution in [-0.2, 0) is 9.53 Å². The molecule has 1 fully saturated rings. The molecule has 4 heteroatoms. The molecule has 0 bridgehead atoms. The summed E-state index contributed by atoms with van der Waals surface area (Å²) in [6, 6.07) is 0. The van der Waals surface area contributed by atoms with Crippen LogP contribution in [0, 0.1) is 11.8 Å². The van der Waals surface area contributed by atoms with Crippen molar-refractivity contribution in [1.82, 2.24) is 4.90 Å². The summed E-state index contributed by atoms with van der Waals surface area (Å²) in [5.41, 5.74) is 0. The summed E-state index contributed by atoms with van der Waals surface area (Å²) in [5, 5.41) is 8.74. The highest BCUT2D eigenvalue weighted by molar-refractivity contribution is 5.73. The van der Waals surface area contributed by atoms with E-state index in [2.05, 4.69) is 4.90 Å². The Morgan fingerprint density at radius 2 is 2.31 bits per heavy atom. The van der Waals surface area contributed by atoms with Gasteiger partial charge in [0.15, 0.2) is 0 Å². The molecule has 4 nitrogen and oxygen atoms in total. The highest BCUT2D eigenvalue weighted by Gasteiger charge is 2.34. The topological polar surface area (TPSA) is 49.8 Å². The fourth-order valence-electron chi connectivity index (χ4n) is 1.85. The number of aliphatic hydroxyl groups is 1. The van der Waals surface area contributed by atoms with Gasteiger partial charge < -0.3 is 9.84 Å². The third-order valence-electron chi connectivity index (χ3n) is 2.61. The maximum atomic E-state index is 11.3. The van der Waals surface area contributed by atoms with E-state index in [4.69, 9.17) is 9.84 Å². The molecule has 1 saturated heterocycles. The zero-order valence-electron chi connectivity index (χ0n) is 8.19. The van der Waals surface area contributed by atoms with Gasteiger partial charge in [0.25, 0.3) is 0 Å². The number of esters is 1. The Balaban J connectivity index is 2.46. The van der Waals surface area contributed by atoms with Crippen molar-refractivity contribution < 1.29 is 14.6 Å². The van der Waals surface area contributed by atoms with Gasteiger partial charge in [-0.3, -0.25) is 9.69 Å². The second-order valence-corrected chi connectivity index (χ2v) is 3.59. The lowest BCUT2D eigenvalue weighted by molar-refractivity contribution is -0.146. The van der Waals surface area contributed by atoms with E-state index in [0.717, 1.165) is 6.54 Å². The Bertz CT molecular complexity index is 184. The van der Waals surface area contributed by atoms with Gasteiger partial charge in [-0.1, -0.05) is 6.92 Å². The lowest BCUT2D eigenvalue weighted by atomic mass is 9.99. The van der Waals surface area contributed by atoms with Crippen LogP contribution in [-0.4, -0.2) is 49.3 Å². The van der Waals surface area contributed by atoms with Crippen LogP contribution in [0.25, 0.3) is 0 Å². The number of nitrogens with zero attached hydrogens (tertiary/aromatic N) is 1. The smallest absolute Gasteiger partial charge is 0.310 e. The van der Waals surface area contributed by atoms with Gasteiger partial charge in [-0.15, -0.1) is 0 Å². The molecule has 0 aliphatic carbocycles. The summed E-state index contributed by atoms with van der Waals surface area (Å²) in [5.74, 6) is 0.184. The Hall–Kier alpha value is -0.610. The van der Waals surface area contributed by atoms with Crippen LogP contribution >= 0.6 is 0 Å². The van der Waals surface area contributed by atoms with E-state index >= 15 is 0 Å². The molecule has 1 rings (SSSR count). The average Bonchev–Trinajstić information content (AvgIpc) is 2.46. The summed E-state index contributed by atoms with van der Waals surface area (Å²) < 4.78 is 4.70. The molecule has 0 aromatic heterocycles. The lowest BCUT2D eigenvalue weighted by Gasteiger charge is -2.12. The van der Waals surface area contributed by atoms with E-state index in [9.17, 15) is 4.79 Å². The molecular weight excluding hydrogens is 170 g/mol. The fraction of sp³-hybridized carbons (Fsp3) is 0.889. The van der Waals surface area contributed by atoms with Gasteiger partial charge in [-0.05, 0) is 5.92 Å². The van der Waals surface area contributed by atoms with Crippen molar-refractivity contribution in [3.05, 3.63) is 0 Å². The Kier molecular flexibility index (Phi) is 3.69. The molecule has 0 amide bonds. The first-order valence-corrected chi connectivity index (χ1v) is 4.60. The third kappa shape index (κ3) is 2.42. The minimum absolute atomic E-state index is 0.0171. The maximum absolute atomic E-state index is 11.3. The van der Waals surface area contributed by atoms with Gasteiger partial charge in [0.1, 0.15) is 0 Å². The highest BCUT2D eigenvalue weighted by atomic mass is 16.5. The molecular formula is C9H17NO3. The fourth-order valence-corrected chi connectivity index (χ4v) is 1.85. The summed E-state index contributed by atoms with van der Waals surface area (Å²) in [6.07, 6.45) is 0. The van der Waals surface area contributed by atoms with Crippen molar-refractivity contribution >= 4 is 5.97 Å². The zero-order valence-corrected chi connectivity index (χ0v) is 8.19. The van der Waals surface area contributed by atoms with Crippen molar-refractivity contribution in [3.63, 3.8) is 0 Å². The van der Waals surface area contributed by atoms with Gasteiger partial charge in [-0.25, -0.2) is 0 Å². The molecule has 2 unspecified atom stereocenters. The standard InChI is InChI=1S/C9H17NO3/c1-7-5-10(3-4-11)6-8(7)9(12)13-2/h7-8,11H,3-6H2,1-2H3. The lowest BCUT2D eigenvalue weighted by Crippen LogP contribution is -2.26. The van der Waals surface area contributed by atoms with Crippen molar-refractivity contribution in [3.8, 4) is 0 Å². The quantitative estimate of drug-likeness (QED) is 0.617. The normalized spacial score (nSPS) is 29.2. The number of methoxy groups -OCH3 is 1. The summed E-state index contributed by atoms with van der Waals surface area (Å²) in [7, 11) is 1.42. The Morgan fingerprint density at radius 1 is 1.62 bits per heavy atom. The van der Waals surface area contributed by atoms with Crippen LogP contribution in [0.1, 0.15) is 6.92 Å². The number of hydrogen-bond donors (Lipinski definition) is 1. The number of aliphatic hydroxyl groups excluding tert-OH is 1. The van der Waals surface area contributed by atoms with Gasteiger partial charge >= 0.3 is 5.97 Å². The summed E-state index contributed by atoms with van der Waals surface area (Å²) >= 11 is 0. The van der Waals surface area contributed by atoms with E-state index in [0.29, 0.717) is 19.0 Å². The summed E-state index contributed by atoms with van der Waals surface area (Å²) in [4.78, 5) is 13.4. The van der Waals surface area contributed by atoms with E-state index in [1.807, 2.05) is 6.92 Å². The molecule has 0 aromatic carbocycles. The molecule has 76 valence electrons. The molecule has 2 atom stereocenters. The predicted octanol–water partition coefficient (Wildman–Crippen LogP) is -0.280. The van der Waals surface area contributed by atoms with E-state index < -0.39 is 0 Å². The molecule has 0 spiro atoms. The predicted molar refractivity (Wildman–Crippen MR) is 48.2 cm³/mol. The second kappa shape index (κ2) is 4.58.